The lowest BCUT2D eigenvalue weighted by Crippen LogP contribution is -2.40. The van der Waals surface area contributed by atoms with Gasteiger partial charge in [0.25, 0.3) is 0 Å². The summed E-state index contributed by atoms with van der Waals surface area (Å²) in [5.74, 6) is 0.0521. The first-order chi connectivity index (χ1) is 10.2. The number of amides is 1. The monoisotopic (exact) mass is 309 g/mol. The number of nitrogens with zero attached hydrogens (tertiary/aromatic N) is 2. The Balaban J connectivity index is 2.03. The van der Waals surface area contributed by atoms with Gasteiger partial charge in [0, 0.05) is 17.3 Å². The van der Waals surface area contributed by atoms with Crippen LogP contribution in [0.2, 0.25) is 0 Å². The van der Waals surface area contributed by atoms with Crippen LogP contribution < -0.4 is 5.32 Å². The molecule has 2 rings (SSSR count). The summed E-state index contributed by atoms with van der Waals surface area (Å²) in [5, 5.41) is 3.68. The lowest BCUT2D eigenvalue weighted by molar-refractivity contribution is -0.115. The second kappa shape index (κ2) is 7.90. The number of thiazole rings is 1. The van der Waals surface area contributed by atoms with E-state index in [9.17, 15) is 4.79 Å². The van der Waals surface area contributed by atoms with Crippen molar-refractivity contribution in [1.29, 1.82) is 0 Å². The van der Waals surface area contributed by atoms with E-state index in [2.05, 4.69) is 29.0 Å². The lowest BCUT2D eigenvalue weighted by Gasteiger charge is -2.33. The standard InChI is InChI=1S/C16H27N3OS/c1-4-9-19(10-5-2)12-7-8-13-14(11-12)21-16(17-13)18-15(20)6-3/h12H,4-11H2,1-3H3,(H,17,18,20)/t12-/m0/s1. The molecule has 1 aromatic rings. The van der Waals surface area contributed by atoms with Crippen LogP contribution in [-0.2, 0) is 17.6 Å². The van der Waals surface area contributed by atoms with Crippen molar-refractivity contribution in [2.24, 2.45) is 0 Å². The number of carbonyl (C=O) groups is 1. The number of aryl methyl sites for hydroxylation is 1. The molecule has 1 amide bonds. The number of anilines is 1. The first-order valence-corrected chi connectivity index (χ1v) is 9.02. The molecule has 0 unspecified atom stereocenters. The number of fused-ring (bicyclic) bond motifs is 1. The molecule has 0 saturated carbocycles. The van der Waals surface area contributed by atoms with Crippen LogP contribution in [-0.4, -0.2) is 34.9 Å². The molecule has 4 nitrogen and oxygen atoms in total. The van der Waals surface area contributed by atoms with Crippen LogP contribution in [0.1, 0.15) is 57.0 Å². The van der Waals surface area contributed by atoms with E-state index in [4.69, 9.17) is 0 Å². The summed E-state index contributed by atoms with van der Waals surface area (Å²) in [4.78, 5) is 20.1. The van der Waals surface area contributed by atoms with Gasteiger partial charge in [-0.15, -0.1) is 11.3 Å². The first-order valence-electron chi connectivity index (χ1n) is 8.20. The number of carbonyl (C=O) groups excluding carboxylic acids is 1. The SMILES string of the molecule is CCCN(CCC)[C@H]1CCc2nc(NC(=O)CC)sc2C1. The van der Waals surface area contributed by atoms with E-state index in [1.165, 1.54) is 42.9 Å². The minimum atomic E-state index is 0.0521. The fourth-order valence-electron chi connectivity index (χ4n) is 2.98. The summed E-state index contributed by atoms with van der Waals surface area (Å²) in [5.41, 5.74) is 1.20. The number of hydrogen-bond acceptors (Lipinski definition) is 4. The van der Waals surface area contributed by atoms with E-state index in [1.807, 2.05) is 6.92 Å². The molecule has 0 bridgehead atoms. The Hall–Kier alpha value is -0.940. The fraction of sp³-hybridized carbons (Fsp3) is 0.750. The Morgan fingerprint density at radius 3 is 2.67 bits per heavy atom. The first kappa shape index (κ1) is 16.4. The molecule has 0 aromatic carbocycles. The average molecular weight is 309 g/mol. The number of aromatic nitrogens is 1. The van der Waals surface area contributed by atoms with Gasteiger partial charge < -0.3 is 10.2 Å². The second-order valence-corrected chi connectivity index (χ2v) is 6.81. The van der Waals surface area contributed by atoms with Gasteiger partial charge in [-0.2, -0.15) is 0 Å². The molecule has 1 aliphatic rings. The van der Waals surface area contributed by atoms with E-state index in [1.54, 1.807) is 11.3 Å². The molecule has 21 heavy (non-hydrogen) atoms. The fourth-order valence-corrected chi connectivity index (χ4v) is 4.08. The Kier molecular flexibility index (Phi) is 6.18. The molecule has 0 saturated heterocycles. The van der Waals surface area contributed by atoms with Crippen molar-refractivity contribution in [3.05, 3.63) is 10.6 Å². The van der Waals surface area contributed by atoms with E-state index in [-0.39, 0.29) is 5.91 Å². The van der Waals surface area contributed by atoms with Crippen molar-refractivity contribution in [1.82, 2.24) is 9.88 Å². The van der Waals surface area contributed by atoms with Gasteiger partial charge in [-0.3, -0.25) is 4.79 Å². The molecule has 118 valence electrons. The molecule has 0 aliphatic heterocycles. The second-order valence-electron chi connectivity index (χ2n) is 5.72. The van der Waals surface area contributed by atoms with Gasteiger partial charge in [-0.1, -0.05) is 20.8 Å². The third-order valence-corrected chi connectivity index (χ3v) is 5.05. The minimum absolute atomic E-state index is 0.0521. The summed E-state index contributed by atoms with van der Waals surface area (Å²) < 4.78 is 0. The largest absolute Gasteiger partial charge is 0.302 e. The highest BCUT2D eigenvalue weighted by molar-refractivity contribution is 7.15. The topological polar surface area (TPSA) is 45.2 Å². The molecule has 1 aliphatic carbocycles. The van der Waals surface area contributed by atoms with Gasteiger partial charge >= 0.3 is 0 Å². The van der Waals surface area contributed by atoms with E-state index in [0.717, 1.165) is 18.0 Å². The van der Waals surface area contributed by atoms with Gasteiger partial charge in [0.15, 0.2) is 5.13 Å². The summed E-state index contributed by atoms with van der Waals surface area (Å²) in [7, 11) is 0. The van der Waals surface area contributed by atoms with Crippen LogP contribution in [0.3, 0.4) is 0 Å². The van der Waals surface area contributed by atoms with Gasteiger partial charge in [-0.05, 0) is 45.2 Å². The molecule has 1 N–H and O–H groups in total. The van der Waals surface area contributed by atoms with Gasteiger partial charge in [0.05, 0.1) is 5.69 Å². The van der Waals surface area contributed by atoms with Crippen molar-refractivity contribution in [3.8, 4) is 0 Å². The average Bonchev–Trinajstić information content (AvgIpc) is 2.88. The third-order valence-electron chi connectivity index (χ3n) is 4.02. The summed E-state index contributed by atoms with van der Waals surface area (Å²) in [6.07, 6.45) is 6.26. The van der Waals surface area contributed by atoms with E-state index < -0.39 is 0 Å². The zero-order chi connectivity index (χ0) is 15.2. The predicted octanol–water partition coefficient (Wildman–Crippen LogP) is 3.47. The smallest absolute Gasteiger partial charge is 0.225 e. The Bertz CT molecular complexity index is 466. The van der Waals surface area contributed by atoms with Crippen LogP contribution in [0.5, 0.6) is 0 Å². The van der Waals surface area contributed by atoms with Crippen LogP contribution in [0.25, 0.3) is 0 Å². The van der Waals surface area contributed by atoms with Crippen molar-refractivity contribution in [2.75, 3.05) is 18.4 Å². The van der Waals surface area contributed by atoms with Crippen molar-refractivity contribution in [2.45, 2.75) is 65.3 Å². The number of rotatable bonds is 7. The maximum absolute atomic E-state index is 11.5. The summed E-state index contributed by atoms with van der Waals surface area (Å²) in [6.45, 7) is 8.74. The van der Waals surface area contributed by atoms with E-state index >= 15 is 0 Å². The molecule has 1 aromatic heterocycles. The third kappa shape index (κ3) is 4.27. The van der Waals surface area contributed by atoms with E-state index in [0.29, 0.717) is 12.5 Å². The predicted molar refractivity (Wildman–Crippen MR) is 89.0 cm³/mol. The van der Waals surface area contributed by atoms with Crippen molar-refractivity contribution < 1.29 is 4.79 Å². The Morgan fingerprint density at radius 2 is 2.05 bits per heavy atom. The molecule has 1 heterocycles. The highest BCUT2D eigenvalue weighted by atomic mass is 32.1. The van der Waals surface area contributed by atoms with Crippen molar-refractivity contribution >= 4 is 22.4 Å². The van der Waals surface area contributed by atoms with Crippen LogP contribution in [0.15, 0.2) is 0 Å². The molecule has 5 heteroatoms. The normalized spacial score (nSPS) is 17.8. The van der Waals surface area contributed by atoms with Gasteiger partial charge in [0.1, 0.15) is 0 Å². The minimum Gasteiger partial charge on any atom is -0.302 e. The zero-order valence-electron chi connectivity index (χ0n) is 13.4. The quantitative estimate of drug-likeness (QED) is 0.839. The summed E-state index contributed by atoms with van der Waals surface area (Å²) >= 11 is 1.67. The molecular formula is C16H27N3OS. The highest BCUT2D eigenvalue weighted by Gasteiger charge is 2.26. The molecular weight excluding hydrogens is 282 g/mol. The molecule has 0 spiro atoms. The lowest BCUT2D eigenvalue weighted by atomic mass is 9.96. The Labute approximate surface area is 132 Å². The maximum atomic E-state index is 11.5. The number of nitrogens with one attached hydrogen (secondary N) is 1. The van der Waals surface area contributed by atoms with Crippen LogP contribution >= 0.6 is 11.3 Å². The molecule has 0 radical (unpaired) electrons. The van der Waals surface area contributed by atoms with Crippen LogP contribution in [0.4, 0.5) is 5.13 Å². The van der Waals surface area contributed by atoms with Crippen LogP contribution in [0, 0.1) is 0 Å². The van der Waals surface area contributed by atoms with Gasteiger partial charge in [-0.25, -0.2) is 4.98 Å². The summed E-state index contributed by atoms with van der Waals surface area (Å²) in [6, 6.07) is 0.646. The molecule has 0 fully saturated rings. The zero-order valence-corrected chi connectivity index (χ0v) is 14.3. The van der Waals surface area contributed by atoms with Gasteiger partial charge in [0.2, 0.25) is 5.91 Å². The number of hydrogen-bond donors (Lipinski definition) is 1. The highest BCUT2D eigenvalue weighted by Crippen LogP contribution is 2.31. The maximum Gasteiger partial charge on any atom is 0.225 e. The van der Waals surface area contributed by atoms with Crippen molar-refractivity contribution in [3.63, 3.8) is 0 Å². The Morgan fingerprint density at radius 1 is 1.33 bits per heavy atom. The molecule has 1 atom stereocenters.